The molecular formula is C15H16ClN3O. The Balaban J connectivity index is 2.50. The molecule has 0 atom stereocenters. The van der Waals surface area contributed by atoms with Gasteiger partial charge >= 0.3 is 0 Å². The molecule has 5 heteroatoms. The number of hydrogen-bond donors (Lipinski definition) is 2. The van der Waals surface area contributed by atoms with E-state index in [1.54, 1.807) is 18.2 Å². The van der Waals surface area contributed by atoms with Gasteiger partial charge in [0, 0.05) is 23.3 Å². The van der Waals surface area contributed by atoms with Crippen molar-refractivity contribution in [3.8, 4) is 0 Å². The highest BCUT2D eigenvalue weighted by atomic mass is 35.5. The fourth-order valence-electron chi connectivity index (χ4n) is 1.96. The number of rotatable bonds is 3. The number of amidine groups is 1. The number of anilines is 2. The van der Waals surface area contributed by atoms with Crippen LogP contribution in [0.25, 0.3) is 0 Å². The first-order valence-corrected chi connectivity index (χ1v) is 6.48. The molecule has 0 aliphatic carbocycles. The second-order valence-corrected chi connectivity index (χ2v) is 4.98. The van der Waals surface area contributed by atoms with Crippen LogP contribution in [0, 0.1) is 6.92 Å². The molecule has 3 N–H and O–H groups in total. The Morgan fingerprint density at radius 1 is 1.20 bits per heavy atom. The van der Waals surface area contributed by atoms with Crippen LogP contribution in [-0.4, -0.2) is 18.1 Å². The van der Waals surface area contributed by atoms with Crippen LogP contribution in [0.15, 0.2) is 47.6 Å². The largest absolute Gasteiger partial charge is 0.409 e. The summed E-state index contributed by atoms with van der Waals surface area (Å²) in [4.78, 5) is 1.94. The van der Waals surface area contributed by atoms with E-state index in [-0.39, 0.29) is 5.84 Å². The van der Waals surface area contributed by atoms with Crippen molar-refractivity contribution in [1.82, 2.24) is 0 Å². The van der Waals surface area contributed by atoms with Gasteiger partial charge in [-0.05, 0) is 37.3 Å². The standard InChI is InChI=1S/C15H16ClN3O/c1-10-3-6-12(7-4-10)19(2)14-9-11(16)5-8-13(14)15(17)18-20/h3-9,20H,1-2H3,(H2,17,18). The van der Waals surface area contributed by atoms with Gasteiger partial charge in [-0.2, -0.15) is 0 Å². The van der Waals surface area contributed by atoms with Crippen molar-refractivity contribution in [3.05, 3.63) is 58.6 Å². The minimum Gasteiger partial charge on any atom is -0.409 e. The summed E-state index contributed by atoms with van der Waals surface area (Å²) >= 11 is 6.05. The van der Waals surface area contributed by atoms with Gasteiger partial charge in [-0.15, -0.1) is 0 Å². The molecule has 0 saturated carbocycles. The van der Waals surface area contributed by atoms with E-state index in [2.05, 4.69) is 5.16 Å². The highest BCUT2D eigenvalue weighted by Gasteiger charge is 2.13. The van der Waals surface area contributed by atoms with Crippen molar-refractivity contribution >= 4 is 28.8 Å². The molecule has 0 aliphatic heterocycles. The molecule has 2 aromatic carbocycles. The Hall–Kier alpha value is -2.20. The van der Waals surface area contributed by atoms with Crippen molar-refractivity contribution in [1.29, 1.82) is 0 Å². The second-order valence-electron chi connectivity index (χ2n) is 4.54. The third-order valence-electron chi connectivity index (χ3n) is 3.13. The van der Waals surface area contributed by atoms with E-state index in [1.807, 2.05) is 43.1 Å². The van der Waals surface area contributed by atoms with Crippen molar-refractivity contribution < 1.29 is 5.21 Å². The van der Waals surface area contributed by atoms with E-state index in [9.17, 15) is 0 Å². The molecule has 0 aromatic heterocycles. The zero-order chi connectivity index (χ0) is 14.7. The summed E-state index contributed by atoms with van der Waals surface area (Å²) < 4.78 is 0. The maximum atomic E-state index is 8.88. The Morgan fingerprint density at radius 3 is 2.45 bits per heavy atom. The van der Waals surface area contributed by atoms with Crippen molar-refractivity contribution in [2.75, 3.05) is 11.9 Å². The van der Waals surface area contributed by atoms with Gasteiger partial charge in [-0.3, -0.25) is 0 Å². The molecule has 0 radical (unpaired) electrons. The molecule has 4 nitrogen and oxygen atoms in total. The number of benzene rings is 2. The summed E-state index contributed by atoms with van der Waals surface area (Å²) in [6.07, 6.45) is 0. The third-order valence-corrected chi connectivity index (χ3v) is 3.36. The van der Waals surface area contributed by atoms with Crippen LogP contribution in [0.2, 0.25) is 5.02 Å². The lowest BCUT2D eigenvalue weighted by Crippen LogP contribution is -2.19. The molecule has 0 aliphatic rings. The molecule has 2 rings (SSSR count). The van der Waals surface area contributed by atoms with Gasteiger partial charge in [0.1, 0.15) is 0 Å². The molecule has 0 amide bonds. The van der Waals surface area contributed by atoms with Crippen molar-refractivity contribution in [2.24, 2.45) is 10.9 Å². The van der Waals surface area contributed by atoms with Gasteiger partial charge in [0.2, 0.25) is 0 Å². The average Bonchev–Trinajstić information content (AvgIpc) is 2.46. The highest BCUT2D eigenvalue weighted by Crippen LogP contribution is 2.29. The molecule has 20 heavy (non-hydrogen) atoms. The average molecular weight is 290 g/mol. The first-order valence-electron chi connectivity index (χ1n) is 6.11. The Kier molecular flexibility index (Phi) is 4.15. The van der Waals surface area contributed by atoms with E-state index < -0.39 is 0 Å². The quantitative estimate of drug-likeness (QED) is 0.393. The lowest BCUT2D eigenvalue weighted by Gasteiger charge is -2.22. The zero-order valence-corrected chi connectivity index (χ0v) is 12.1. The monoisotopic (exact) mass is 289 g/mol. The maximum absolute atomic E-state index is 8.88. The first kappa shape index (κ1) is 14.2. The van der Waals surface area contributed by atoms with E-state index in [0.29, 0.717) is 10.6 Å². The maximum Gasteiger partial charge on any atom is 0.172 e. The summed E-state index contributed by atoms with van der Waals surface area (Å²) in [5, 5.41) is 12.5. The Morgan fingerprint density at radius 2 is 1.85 bits per heavy atom. The van der Waals surface area contributed by atoms with Gasteiger partial charge in [0.25, 0.3) is 0 Å². The SMILES string of the molecule is Cc1ccc(N(C)c2cc(Cl)ccc2C(N)=NO)cc1. The molecule has 104 valence electrons. The molecule has 0 heterocycles. The fourth-order valence-corrected chi connectivity index (χ4v) is 2.13. The predicted molar refractivity (Wildman–Crippen MR) is 83.2 cm³/mol. The van der Waals surface area contributed by atoms with Crippen molar-refractivity contribution in [3.63, 3.8) is 0 Å². The molecule has 0 unspecified atom stereocenters. The van der Waals surface area contributed by atoms with E-state index in [1.165, 1.54) is 5.56 Å². The summed E-state index contributed by atoms with van der Waals surface area (Å²) in [5.41, 5.74) is 9.29. The number of nitrogens with two attached hydrogens (primary N) is 1. The van der Waals surface area contributed by atoms with Crippen LogP contribution in [0.3, 0.4) is 0 Å². The van der Waals surface area contributed by atoms with Crippen LogP contribution in [-0.2, 0) is 0 Å². The number of oxime groups is 1. The molecule has 0 bridgehead atoms. The molecule has 2 aromatic rings. The third kappa shape index (κ3) is 2.86. The smallest absolute Gasteiger partial charge is 0.172 e. The summed E-state index contributed by atoms with van der Waals surface area (Å²) in [5.74, 6) is 0.0515. The van der Waals surface area contributed by atoms with Gasteiger partial charge in [0.15, 0.2) is 5.84 Å². The number of halogens is 1. The number of hydrogen-bond acceptors (Lipinski definition) is 3. The van der Waals surface area contributed by atoms with Gasteiger partial charge < -0.3 is 15.8 Å². The number of aryl methyl sites for hydroxylation is 1. The van der Waals surface area contributed by atoms with Gasteiger partial charge in [-0.25, -0.2) is 0 Å². The topological polar surface area (TPSA) is 61.8 Å². The minimum absolute atomic E-state index is 0.0515. The van der Waals surface area contributed by atoms with E-state index in [0.717, 1.165) is 11.4 Å². The van der Waals surface area contributed by atoms with Gasteiger partial charge in [-0.1, -0.05) is 34.5 Å². The predicted octanol–water partition coefficient (Wildman–Crippen LogP) is 3.51. The molecule has 0 fully saturated rings. The summed E-state index contributed by atoms with van der Waals surface area (Å²) in [6, 6.07) is 13.3. The van der Waals surface area contributed by atoms with Crippen LogP contribution in [0.1, 0.15) is 11.1 Å². The normalized spacial score (nSPS) is 11.4. The molecule has 0 spiro atoms. The number of nitrogens with zero attached hydrogens (tertiary/aromatic N) is 2. The molecule has 0 saturated heterocycles. The minimum atomic E-state index is 0.0515. The van der Waals surface area contributed by atoms with Crippen molar-refractivity contribution in [2.45, 2.75) is 6.92 Å². The lowest BCUT2D eigenvalue weighted by atomic mass is 10.1. The van der Waals surface area contributed by atoms with Crippen LogP contribution < -0.4 is 10.6 Å². The first-order chi connectivity index (χ1) is 9.52. The summed E-state index contributed by atoms with van der Waals surface area (Å²) in [6.45, 7) is 2.03. The van der Waals surface area contributed by atoms with E-state index in [4.69, 9.17) is 22.5 Å². The van der Waals surface area contributed by atoms with Crippen LogP contribution in [0.4, 0.5) is 11.4 Å². The second kappa shape index (κ2) is 5.84. The zero-order valence-electron chi connectivity index (χ0n) is 11.3. The Bertz CT molecular complexity index is 638. The van der Waals surface area contributed by atoms with Crippen LogP contribution >= 0.6 is 11.6 Å². The lowest BCUT2D eigenvalue weighted by molar-refractivity contribution is 0.318. The van der Waals surface area contributed by atoms with Gasteiger partial charge in [0.05, 0.1) is 5.69 Å². The summed E-state index contributed by atoms with van der Waals surface area (Å²) in [7, 11) is 1.91. The van der Waals surface area contributed by atoms with E-state index >= 15 is 0 Å². The Labute approximate surface area is 123 Å². The fraction of sp³-hybridized carbons (Fsp3) is 0.133. The van der Waals surface area contributed by atoms with Crippen LogP contribution in [0.5, 0.6) is 0 Å². The molecular weight excluding hydrogens is 274 g/mol. The highest BCUT2D eigenvalue weighted by molar-refractivity contribution is 6.31.